The Kier molecular flexibility index (Phi) is 12.0. The molecule has 1 unspecified atom stereocenters. The number of hydrogen-bond donors (Lipinski definition) is 2. The summed E-state index contributed by atoms with van der Waals surface area (Å²) >= 11 is 0. The zero-order chi connectivity index (χ0) is 15.9. The lowest BCUT2D eigenvalue weighted by Gasteiger charge is -2.13. The Labute approximate surface area is 135 Å². The lowest BCUT2D eigenvalue weighted by atomic mass is 10.2. The lowest BCUT2D eigenvalue weighted by Crippen LogP contribution is -2.39. The van der Waals surface area contributed by atoms with Crippen molar-refractivity contribution in [2.24, 2.45) is 4.99 Å². The summed E-state index contributed by atoms with van der Waals surface area (Å²) in [6, 6.07) is 0. The Balaban J connectivity index is 2.01. The topological polar surface area (TPSA) is 64.1 Å². The molecular formula is C16H33N3O3. The van der Waals surface area contributed by atoms with Crippen LogP contribution in [0.1, 0.15) is 39.5 Å². The Morgan fingerprint density at radius 3 is 2.64 bits per heavy atom. The quantitative estimate of drug-likeness (QED) is 0.325. The first-order valence-corrected chi connectivity index (χ1v) is 8.66. The van der Waals surface area contributed by atoms with Gasteiger partial charge in [0.1, 0.15) is 0 Å². The van der Waals surface area contributed by atoms with Gasteiger partial charge in [0, 0.05) is 26.3 Å². The highest BCUT2D eigenvalue weighted by Gasteiger charge is 2.14. The summed E-state index contributed by atoms with van der Waals surface area (Å²) in [5.41, 5.74) is 0. The Morgan fingerprint density at radius 2 is 1.95 bits per heavy atom. The van der Waals surface area contributed by atoms with Crippen LogP contribution in [0.25, 0.3) is 0 Å². The highest BCUT2D eigenvalue weighted by atomic mass is 16.5. The number of nitrogens with zero attached hydrogens (tertiary/aromatic N) is 1. The van der Waals surface area contributed by atoms with Crippen molar-refractivity contribution in [1.29, 1.82) is 0 Å². The SMILES string of the molecule is CCCCOCCOCCNC(=NCC1CCCO1)NCC. The third-order valence-corrected chi connectivity index (χ3v) is 3.37. The molecule has 0 spiro atoms. The predicted octanol–water partition coefficient (Wildman–Crippen LogP) is 1.55. The Morgan fingerprint density at radius 1 is 1.14 bits per heavy atom. The molecule has 6 nitrogen and oxygen atoms in total. The molecule has 0 aromatic rings. The van der Waals surface area contributed by atoms with E-state index in [9.17, 15) is 0 Å². The van der Waals surface area contributed by atoms with E-state index >= 15 is 0 Å². The van der Waals surface area contributed by atoms with Crippen molar-refractivity contribution in [2.45, 2.75) is 45.6 Å². The van der Waals surface area contributed by atoms with Crippen molar-refractivity contribution in [3.8, 4) is 0 Å². The number of hydrogen-bond acceptors (Lipinski definition) is 4. The minimum absolute atomic E-state index is 0.284. The van der Waals surface area contributed by atoms with Gasteiger partial charge >= 0.3 is 0 Å². The number of guanidine groups is 1. The van der Waals surface area contributed by atoms with Crippen LogP contribution in [0.5, 0.6) is 0 Å². The molecule has 6 heteroatoms. The van der Waals surface area contributed by atoms with E-state index in [-0.39, 0.29) is 6.10 Å². The van der Waals surface area contributed by atoms with Crippen molar-refractivity contribution in [3.05, 3.63) is 0 Å². The highest BCUT2D eigenvalue weighted by Crippen LogP contribution is 2.11. The molecule has 0 radical (unpaired) electrons. The van der Waals surface area contributed by atoms with Gasteiger partial charge in [0.25, 0.3) is 0 Å². The zero-order valence-corrected chi connectivity index (χ0v) is 14.2. The van der Waals surface area contributed by atoms with Crippen molar-refractivity contribution in [3.63, 3.8) is 0 Å². The maximum absolute atomic E-state index is 5.58. The van der Waals surface area contributed by atoms with Gasteiger partial charge in [0.2, 0.25) is 0 Å². The van der Waals surface area contributed by atoms with E-state index in [1.807, 2.05) is 0 Å². The fourth-order valence-corrected chi connectivity index (χ4v) is 2.13. The van der Waals surface area contributed by atoms with Gasteiger partial charge in [0.05, 0.1) is 32.5 Å². The Bertz CT molecular complexity index is 282. The Hall–Kier alpha value is -0.850. The second-order valence-corrected chi connectivity index (χ2v) is 5.36. The summed E-state index contributed by atoms with van der Waals surface area (Å²) in [7, 11) is 0. The normalized spacial score (nSPS) is 18.6. The summed E-state index contributed by atoms with van der Waals surface area (Å²) in [6.45, 7) is 10.2. The average molecular weight is 315 g/mol. The molecule has 130 valence electrons. The van der Waals surface area contributed by atoms with Crippen LogP contribution < -0.4 is 10.6 Å². The van der Waals surface area contributed by atoms with Gasteiger partial charge in [-0.15, -0.1) is 0 Å². The highest BCUT2D eigenvalue weighted by molar-refractivity contribution is 5.79. The van der Waals surface area contributed by atoms with Crippen LogP contribution in [0, 0.1) is 0 Å². The van der Waals surface area contributed by atoms with E-state index in [0.717, 1.165) is 58.1 Å². The minimum atomic E-state index is 0.284. The number of rotatable bonds is 12. The summed E-state index contributed by atoms with van der Waals surface area (Å²) in [5, 5.41) is 6.51. The molecule has 0 aromatic heterocycles. The van der Waals surface area contributed by atoms with Crippen LogP contribution in [0.2, 0.25) is 0 Å². The molecule has 0 amide bonds. The predicted molar refractivity (Wildman–Crippen MR) is 89.5 cm³/mol. The molecular weight excluding hydrogens is 282 g/mol. The van der Waals surface area contributed by atoms with Gasteiger partial charge < -0.3 is 24.8 Å². The second kappa shape index (κ2) is 13.8. The van der Waals surface area contributed by atoms with Crippen molar-refractivity contribution in [2.75, 3.05) is 52.7 Å². The maximum Gasteiger partial charge on any atom is 0.191 e. The summed E-state index contributed by atoms with van der Waals surface area (Å²) in [6.07, 6.45) is 4.84. The summed E-state index contributed by atoms with van der Waals surface area (Å²) in [5.74, 6) is 0.834. The first-order chi connectivity index (χ1) is 10.9. The first kappa shape index (κ1) is 19.2. The lowest BCUT2D eigenvalue weighted by molar-refractivity contribution is 0.0487. The molecule has 1 heterocycles. The van der Waals surface area contributed by atoms with Crippen molar-refractivity contribution < 1.29 is 14.2 Å². The smallest absolute Gasteiger partial charge is 0.191 e. The zero-order valence-electron chi connectivity index (χ0n) is 14.2. The molecule has 2 N–H and O–H groups in total. The van der Waals surface area contributed by atoms with Gasteiger partial charge in [-0.05, 0) is 26.2 Å². The standard InChI is InChI=1S/C16H33N3O3/c1-3-5-9-20-12-13-21-11-8-18-16(17-4-2)19-14-15-7-6-10-22-15/h15H,3-14H2,1-2H3,(H2,17,18,19). The average Bonchev–Trinajstić information content (AvgIpc) is 3.04. The molecule has 0 aliphatic carbocycles. The molecule has 0 saturated carbocycles. The molecule has 1 rings (SSSR count). The van der Waals surface area contributed by atoms with E-state index in [4.69, 9.17) is 14.2 Å². The number of unbranched alkanes of at least 4 members (excludes halogenated alkanes) is 1. The molecule has 1 saturated heterocycles. The second-order valence-electron chi connectivity index (χ2n) is 5.36. The molecule has 1 fully saturated rings. The van der Waals surface area contributed by atoms with Crippen LogP contribution in [-0.4, -0.2) is 64.7 Å². The van der Waals surface area contributed by atoms with E-state index < -0.39 is 0 Å². The van der Waals surface area contributed by atoms with Crippen LogP contribution in [0.15, 0.2) is 4.99 Å². The van der Waals surface area contributed by atoms with Crippen LogP contribution in [-0.2, 0) is 14.2 Å². The fraction of sp³-hybridized carbons (Fsp3) is 0.938. The fourth-order valence-electron chi connectivity index (χ4n) is 2.13. The van der Waals surface area contributed by atoms with Crippen molar-refractivity contribution in [1.82, 2.24) is 10.6 Å². The van der Waals surface area contributed by atoms with Crippen molar-refractivity contribution >= 4 is 5.96 Å². The summed E-state index contributed by atoms with van der Waals surface area (Å²) < 4.78 is 16.5. The van der Waals surface area contributed by atoms with Crippen LogP contribution in [0.4, 0.5) is 0 Å². The van der Waals surface area contributed by atoms with Crippen LogP contribution >= 0.6 is 0 Å². The van der Waals surface area contributed by atoms with E-state index in [2.05, 4.69) is 29.5 Å². The molecule has 0 aromatic carbocycles. The molecule has 22 heavy (non-hydrogen) atoms. The minimum Gasteiger partial charge on any atom is -0.379 e. The molecule has 1 aliphatic heterocycles. The van der Waals surface area contributed by atoms with E-state index in [0.29, 0.717) is 19.8 Å². The molecule has 0 bridgehead atoms. The third-order valence-electron chi connectivity index (χ3n) is 3.37. The van der Waals surface area contributed by atoms with Gasteiger partial charge in [-0.3, -0.25) is 4.99 Å². The van der Waals surface area contributed by atoms with E-state index in [1.54, 1.807) is 0 Å². The first-order valence-electron chi connectivity index (χ1n) is 8.66. The monoisotopic (exact) mass is 315 g/mol. The third kappa shape index (κ3) is 9.97. The van der Waals surface area contributed by atoms with E-state index in [1.165, 1.54) is 6.42 Å². The van der Waals surface area contributed by atoms with Gasteiger partial charge in [-0.25, -0.2) is 0 Å². The number of aliphatic imine (C=N–C) groups is 1. The maximum atomic E-state index is 5.58. The number of nitrogens with one attached hydrogen (secondary N) is 2. The van der Waals surface area contributed by atoms with Gasteiger partial charge in [-0.1, -0.05) is 13.3 Å². The van der Waals surface area contributed by atoms with Crippen LogP contribution in [0.3, 0.4) is 0 Å². The molecule has 1 atom stereocenters. The summed E-state index contributed by atoms with van der Waals surface area (Å²) in [4.78, 5) is 4.55. The van der Waals surface area contributed by atoms with Gasteiger partial charge in [-0.2, -0.15) is 0 Å². The largest absolute Gasteiger partial charge is 0.379 e. The number of ether oxygens (including phenoxy) is 3. The molecule has 1 aliphatic rings. The van der Waals surface area contributed by atoms with Gasteiger partial charge in [0.15, 0.2) is 5.96 Å².